The molecule has 35 heavy (non-hydrogen) atoms. The molecule has 1 aliphatic carbocycles. The third-order valence-electron chi connectivity index (χ3n) is 6.49. The lowest BCUT2D eigenvalue weighted by atomic mass is 10.0. The Bertz CT molecular complexity index is 1230. The number of hydrogen-bond acceptors (Lipinski definition) is 5. The number of benzene rings is 2. The van der Waals surface area contributed by atoms with Crippen LogP contribution in [0.4, 0.5) is 4.39 Å². The van der Waals surface area contributed by atoms with Crippen molar-refractivity contribution in [3.8, 4) is 11.5 Å². The zero-order valence-corrected chi connectivity index (χ0v) is 20.3. The summed E-state index contributed by atoms with van der Waals surface area (Å²) in [5.41, 5.74) is 1.35. The number of carbonyl (C=O) groups excluding carboxylic acids is 2. The van der Waals surface area contributed by atoms with Crippen molar-refractivity contribution >= 4 is 23.2 Å². The molecular weight excluding hydrogens is 467 g/mol. The second-order valence-corrected chi connectivity index (χ2v) is 9.82. The van der Waals surface area contributed by atoms with Crippen LogP contribution in [0.3, 0.4) is 0 Å². The summed E-state index contributed by atoms with van der Waals surface area (Å²) < 4.78 is 25.1. The Morgan fingerprint density at radius 2 is 1.91 bits per heavy atom. The van der Waals surface area contributed by atoms with Crippen LogP contribution in [-0.2, 0) is 11.2 Å². The minimum Gasteiger partial charge on any atom is -0.497 e. The molecule has 2 aliphatic rings. The van der Waals surface area contributed by atoms with E-state index in [0.29, 0.717) is 24.7 Å². The molecule has 3 aromatic rings. The number of ether oxygens (including phenoxy) is 2. The molecule has 182 valence electrons. The molecule has 0 saturated heterocycles. The Kier molecular flexibility index (Phi) is 6.72. The molecule has 1 unspecified atom stereocenters. The van der Waals surface area contributed by atoms with Gasteiger partial charge in [-0.05, 0) is 66.6 Å². The van der Waals surface area contributed by atoms with Crippen LogP contribution in [0, 0.1) is 5.82 Å². The molecule has 1 aliphatic heterocycles. The molecule has 0 radical (unpaired) electrons. The summed E-state index contributed by atoms with van der Waals surface area (Å²) in [5, 5.41) is 2.04. The number of hydrogen-bond donors (Lipinski definition) is 0. The summed E-state index contributed by atoms with van der Waals surface area (Å²) in [4.78, 5) is 31.4. The van der Waals surface area contributed by atoms with E-state index in [1.165, 1.54) is 23.1 Å². The monoisotopic (exact) mass is 494 g/mol. The van der Waals surface area contributed by atoms with E-state index in [1.54, 1.807) is 29.4 Å². The van der Waals surface area contributed by atoms with E-state index < -0.39 is 5.82 Å². The van der Waals surface area contributed by atoms with Crippen molar-refractivity contribution in [3.63, 3.8) is 0 Å². The van der Waals surface area contributed by atoms with Gasteiger partial charge in [0.05, 0.1) is 13.2 Å². The van der Waals surface area contributed by atoms with Gasteiger partial charge in [-0.15, -0.1) is 11.3 Å². The first-order chi connectivity index (χ1) is 17.0. The van der Waals surface area contributed by atoms with Crippen LogP contribution in [0.2, 0.25) is 0 Å². The Balaban J connectivity index is 1.34. The first kappa shape index (κ1) is 23.4. The Morgan fingerprint density at radius 1 is 1.11 bits per heavy atom. The van der Waals surface area contributed by atoms with Gasteiger partial charge >= 0.3 is 0 Å². The van der Waals surface area contributed by atoms with Gasteiger partial charge in [0.25, 0.3) is 5.91 Å². The predicted octanol–water partition coefficient (Wildman–Crippen LogP) is 4.71. The quantitative estimate of drug-likeness (QED) is 0.455. The number of rotatable bonds is 8. The first-order valence-electron chi connectivity index (χ1n) is 11.7. The second kappa shape index (κ2) is 10.1. The summed E-state index contributed by atoms with van der Waals surface area (Å²) in [6, 6.07) is 14.8. The summed E-state index contributed by atoms with van der Waals surface area (Å²) in [6.45, 7) is 0.824. The molecule has 2 heterocycles. The van der Waals surface area contributed by atoms with Gasteiger partial charge in [-0.1, -0.05) is 12.1 Å². The number of halogens is 1. The fourth-order valence-corrected chi connectivity index (χ4v) is 5.45. The van der Waals surface area contributed by atoms with Crippen molar-refractivity contribution in [1.29, 1.82) is 0 Å². The molecule has 0 N–H and O–H groups in total. The average Bonchev–Trinajstić information content (AvgIpc) is 3.61. The summed E-state index contributed by atoms with van der Waals surface area (Å²) in [7, 11) is 1.61. The highest BCUT2D eigenvalue weighted by atomic mass is 32.1. The fourth-order valence-electron chi connectivity index (χ4n) is 4.52. The van der Waals surface area contributed by atoms with Crippen LogP contribution in [0.1, 0.15) is 39.7 Å². The van der Waals surface area contributed by atoms with Crippen molar-refractivity contribution < 1.29 is 23.5 Å². The minimum absolute atomic E-state index is 0.0164. The van der Waals surface area contributed by atoms with Crippen LogP contribution in [0.5, 0.6) is 11.5 Å². The van der Waals surface area contributed by atoms with Crippen molar-refractivity contribution in [1.82, 2.24) is 9.80 Å². The maximum Gasteiger partial charge on any atom is 0.254 e. The minimum atomic E-state index is -0.464. The topological polar surface area (TPSA) is 59.1 Å². The highest BCUT2D eigenvalue weighted by Crippen LogP contribution is 2.35. The van der Waals surface area contributed by atoms with Gasteiger partial charge in [-0.3, -0.25) is 9.59 Å². The molecule has 1 fully saturated rings. The lowest BCUT2D eigenvalue weighted by Gasteiger charge is -2.37. The molecule has 1 atom stereocenters. The maximum absolute atomic E-state index is 13.7. The van der Waals surface area contributed by atoms with Crippen LogP contribution >= 0.6 is 11.3 Å². The van der Waals surface area contributed by atoms with E-state index in [4.69, 9.17) is 9.47 Å². The number of carbonyl (C=O) groups is 2. The fraction of sp³-hybridized carbons (Fsp3) is 0.333. The molecule has 2 aromatic carbocycles. The zero-order valence-electron chi connectivity index (χ0n) is 19.5. The summed E-state index contributed by atoms with van der Waals surface area (Å²) >= 11 is 1.69. The van der Waals surface area contributed by atoms with Gasteiger partial charge in [0, 0.05) is 29.1 Å². The molecular formula is C27H27FN2O4S. The Labute approximate surface area is 207 Å². The van der Waals surface area contributed by atoms with Crippen LogP contribution in [0.15, 0.2) is 60.0 Å². The SMILES string of the molecule is COc1cccc(OCC2c3ccsc3CCN2C(=O)CN(C(=O)c2cccc(F)c2)C2CC2)c1. The largest absolute Gasteiger partial charge is 0.497 e. The normalized spacial score (nSPS) is 17.0. The molecule has 0 bridgehead atoms. The molecule has 6 nitrogen and oxygen atoms in total. The summed E-state index contributed by atoms with van der Waals surface area (Å²) in [5.74, 6) is 0.468. The second-order valence-electron chi connectivity index (χ2n) is 8.82. The summed E-state index contributed by atoms with van der Waals surface area (Å²) in [6.07, 6.45) is 2.48. The standard InChI is InChI=1S/C27H27FN2O4S/c1-33-21-6-3-7-22(15-21)34-17-24-23-11-13-35-25(23)10-12-29(24)26(31)16-30(20-8-9-20)27(32)18-4-2-5-19(28)14-18/h2-7,11,13-15,20,24H,8-10,12,16-17H2,1H3. The van der Waals surface area contributed by atoms with Crippen LogP contribution in [0.25, 0.3) is 0 Å². The lowest BCUT2D eigenvalue weighted by Crippen LogP contribution is -2.48. The molecule has 2 amide bonds. The van der Waals surface area contributed by atoms with Crippen LogP contribution in [-0.4, -0.2) is 54.5 Å². The van der Waals surface area contributed by atoms with Gasteiger partial charge in [-0.25, -0.2) is 4.39 Å². The van der Waals surface area contributed by atoms with Gasteiger partial charge in [-0.2, -0.15) is 0 Å². The average molecular weight is 495 g/mol. The third-order valence-corrected chi connectivity index (χ3v) is 7.49. The smallest absolute Gasteiger partial charge is 0.254 e. The van der Waals surface area contributed by atoms with Gasteiger partial charge < -0.3 is 19.3 Å². The number of methoxy groups -OCH3 is 1. The van der Waals surface area contributed by atoms with Gasteiger partial charge in [0.2, 0.25) is 5.91 Å². The number of fused-ring (bicyclic) bond motifs is 1. The van der Waals surface area contributed by atoms with E-state index in [2.05, 4.69) is 6.07 Å². The van der Waals surface area contributed by atoms with Crippen molar-refractivity contribution in [2.45, 2.75) is 31.3 Å². The Morgan fingerprint density at radius 3 is 2.69 bits per heavy atom. The molecule has 1 aromatic heterocycles. The van der Waals surface area contributed by atoms with Crippen molar-refractivity contribution in [3.05, 3.63) is 81.8 Å². The maximum atomic E-state index is 13.7. The Hall–Kier alpha value is -3.39. The number of nitrogens with zero attached hydrogens (tertiary/aromatic N) is 2. The number of thiophene rings is 1. The van der Waals surface area contributed by atoms with Crippen molar-refractivity contribution in [2.24, 2.45) is 0 Å². The molecule has 8 heteroatoms. The predicted molar refractivity (Wildman–Crippen MR) is 131 cm³/mol. The highest BCUT2D eigenvalue weighted by Gasteiger charge is 2.38. The van der Waals surface area contributed by atoms with Crippen molar-refractivity contribution in [2.75, 3.05) is 26.8 Å². The molecule has 1 saturated carbocycles. The van der Waals surface area contributed by atoms with E-state index in [1.807, 2.05) is 34.5 Å². The van der Waals surface area contributed by atoms with Gasteiger partial charge in [0.15, 0.2) is 0 Å². The highest BCUT2D eigenvalue weighted by molar-refractivity contribution is 7.10. The van der Waals surface area contributed by atoms with E-state index >= 15 is 0 Å². The zero-order chi connectivity index (χ0) is 24.4. The van der Waals surface area contributed by atoms with Crippen LogP contribution < -0.4 is 9.47 Å². The van der Waals surface area contributed by atoms with E-state index in [-0.39, 0.29) is 36.0 Å². The third kappa shape index (κ3) is 5.17. The first-order valence-corrected chi connectivity index (χ1v) is 12.6. The molecule has 0 spiro atoms. The van der Waals surface area contributed by atoms with E-state index in [9.17, 15) is 14.0 Å². The molecule has 5 rings (SSSR count). The lowest BCUT2D eigenvalue weighted by molar-refractivity contribution is -0.135. The van der Waals surface area contributed by atoms with E-state index in [0.717, 1.165) is 24.8 Å². The number of amides is 2. The van der Waals surface area contributed by atoms with Gasteiger partial charge in [0.1, 0.15) is 30.5 Å².